The molecule has 6 nitrogen and oxygen atoms in total. The first-order valence-electron chi connectivity index (χ1n) is 6.95. The number of amides is 1. The lowest BCUT2D eigenvalue weighted by atomic mass is 10.2. The number of rotatable bonds is 6. The van der Waals surface area contributed by atoms with Gasteiger partial charge in [0, 0.05) is 4.90 Å². The molecule has 1 amide bonds. The second kappa shape index (κ2) is 8.60. The van der Waals surface area contributed by atoms with E-state index in [0.717, 1.165) is 4.90 Å². The van der Waals surface area contributed by atoms with Crippen LogP contribution in [-0.2, 0) is 9.53 Å². The Kier molecular flexibility index (Phi) is 6.23. The fourth-order valence-electron chi connectivity index (χ4n) is 1.80. The summed E-state index contributed by atoms with van der Waals surface area (Å²) in [5.74, 6) is -0.830. The molecule has 0 bridgehead atoms. The largest absolute Gasteiger partial charge is 0.508 e. The minimum Gasteiger partial charge on any atom is -0.508 e. The number of nitriles is 1. The number of nitrogens with one attached hydrogen (secondary N) is 1. The predicted octanol–water partition coefficient (Wildman–Crippen LogP) is 2.80. The summed E-state index contributed by atoms with van der Waals surface area (Å²) in [4.78, 5) is 24.5. The van der Waals surface area contributed by atoms with Crippen molar-refractivity contribution >= 4 is 29.3 Å². The first kappa shape index (κ1) is 17.4. The van der Waals surface area contributed by atoms with Crippen LogP contribution in [0, 0.1) is 11.3 Å². The smallest absolute Gasteiger partial charge is 0.338 e. The number of para-hydroxylation sites is 1. The molecule has 0 radical (unpaired) electrons. The highest BCUT2D eigenvalue weighted by Gasteiger charge is 2.12. The predicted molar refractivity (Wildman–Crippen MR) is 89.8 cm³/mol. The monoisotopic (exact) mass is 342 g/mol. The van der Waals surface area contributed by atoms with Gasteiger partial charge in [-0.25, -0.2) is 4.79 Å². The van der Waals surface area contributed by atoms with E-state index in [0.29, 0.717) is 5.69 Å². The van der Waals surface area contributed by atoms with Gasteiger partial charge in [0.05, 0.1) is 23.1 Å². The molecule has 24 heavy (non-hydrogen) atoms. The van der Waals surface area contributed by atoms with Crippen LogP contribution in [0.5, 0.6) is 5.75 Å². The molecule has 0 aliphatic carbocycles. The minimum atomic E-state index is -0.655. The molecular weight excluding hydrogens is 328 g/mol. The van der Waals surface area contributed by atoms with Crippen molar-refractivity contribution in [2.75, 3.05) is 17.7 Å². The van der Waals surface area contributed by atoms with E-state index in [4.69, 9.17) is 15.1 Å². The molecule has 7 heteroatoms. The van der Waals surface area contributed by atoms with Crippen LogP contribution < -0.4 is 5.32 Å². The number of carbonyl (C=O) groups excluding carboxylic acids is 2. The summed E-state index contributed by atoms with van der Waals surface area (Å²) in [6, 6.07) is 14.6. The van der Waals surface area contributed by atoms with Crippen molar-refractivity contribution in [3.63, 3.8) is 0 Å². The maximum Gasteiger partial charge on any atom is 0.338 e. The van der Waals surface area contributed by atoms with E-state index in [1.54, 1.807) is 24.3 Å². The third-order valence-electron chi connectivity index (χ3n) is 2.89. The van der Waals surface area contributed by atoms with Crippen molar-refractivity contribution in [1.82, 2.24) is 0 Å². The van der Waals surface area contributed by atoms with Crippen LogP contribution >= 0.6 is 11.8 Å². The summed E-state index contributed by atoms with van der Waals surface area (Å²) < 4.78 is 4.93. The van der Waals surface area contributed by atoms with Gasteiger partial charge in [-0.05, 0) is 36.4 Å². The fraction of sp³-hybridized carbons (Fsp3) is 0.118. The van der Waals surface area contributed by atoms with Gasteiger partial charge < -0.3 is 15.2 Å². The van der Waals surface area contributed by atoms with E-state index in [1.807, 2.05) is 6.07 Å². The Morgan fingerprint density at radius 2 is 1.88 bits per heavy atom. The van der Waals surface area contributed by atoms with Gasteiger partial charge in [0.2, 0.25) is 0 Å². The summed E-state index contributed by atoms with van der Waals surface area (Å²) >= 11 is 1.30. The van der Waals surface area contributed by atoms with Crippen LogP contribution in [0.1, 0.15) is 10.4 Å². The van der Waals surface area contributed by atoms with E-state index in [2.05, 4.69) is 5.32 Å². The first-order valence-corrected chi connectivity index (χ1v) is 7.93. The van der Waals surface area contributed by atoms with Crippen LogP contribution in [0.25, 0.3) is 0 Å². The molecule has 0 saturated heterocycles. The molecule has 2 aromatic rings. The second-order valence-corrected chi connectivity index (χ2v) is 5.63. The molecule has 0 aliphatic rings. The molecule has 2 aromatic carbocycles. The average Bonchev–Trinajstić information content (AvgIpc) is 2.59. The maximum absolute atomic E-state index is 11.9. The number of ether oxygens (including phenoxy) is 1. The molecule has 0 unspecified atom stereocenters. The maximum atomic E-state index is 11.9. The zero-order valence-electron chi connectivity index (χ0n) is 12.6. The van der Waals surface area contributed by atoms with Crippen molar-refractivity contribution in [1.29, 1.82) is 5.26 Å². The van der Waals surface area contributed by atoms with E-state index in [9.17, 15) is 9.59 Å². The number of thioether (sulfide) groups is 1. The number of esters is 1. The van der Waals surface area contributed by atoms with E-state index in [-0.39, 0.29) is 17.1 Å². The number of carbonyl (C=O) groups is 2. The summed E-state index contributed by atoms with van der Waals surface area (Å²) in [7, 11) is 0. The van der Waals surface area contributed by atoms with Gasteiger partial charge >= 0.3 is 5.97 Å². The number of nitrogens with zero attached hydrogens (tertiary/aromatic N) is 1. The van der Waals surface area contributed by atoms with Crippen molar-refractivity contribution in [2.24, 2.45) is 0 Å². The van der Waals surface area contributed by atoms with Gasteiger partial charge in [-0.1, -0.05) is 12.1 Å². The second-order valence-electron chi connectivity index (χ2n) is 4.61. The van der Waals surface area contributed by atoms with E-state index >= 15 is 0 Å². The third-order valence-corrected chi connectivity index (χ3v) is 3.83. The number of hydrogen-bond acceptors (Lipinski definition) is 6. The highest BCUT2D eigenvalue weighted by atomic mass is 32.2. The number of benzene rings is 2. The first-order chi connectivity index (χ1) is 11.6. The van der Waals surface area contributed by atoms with Crippen LogP contribution in [-0.4, -0.2) is 29.3 Å². The van der Waals surface area contributed by atoms with Gasteiger partial charge in [0.25, 0.3) is 5.91 Å². The van der Waals surface area contributed by atoms with E-state index in [1.165, 1.54) is 36.0 Å². The van der Waals surface area contributed by atoms with Crippen molar-refractivity contribution in [3.05, 3.63) is 54.1 Å². The molecule has 0 fully saturated rings. The highest BCUT2D eigenvalue weighted by molar-refractivity contribution is 7.99. The fourth-order valence-corrected chi connectivity index (χ4v) is 2.47. The molecule has 0 saturated carbocycles. The molecule has 0 spiro atoms. The SMILES string of the molecule is N#CCSc1ccccc1NC(=O)COC(=O)c1ccc(O)cc1. The summed E-state index contributed by atoms with van der Waals surface area (Å²) in [6.45, 7) is -0.434. The summed E-state index contributed by atoms with van der Waals surface area (Å²) in [6.07, 6.45) is 0. The minimum absolute atomic E-state index is 0.0377. The molecule has 0 heterocycles. The van der Waals surface area contributed by atoms with Crippen LogP contribution in [0.15, 0.2) is 53.4 Å². The van der Waals surface area contributed by atoms with E-state index < -0.39 is 18.5 Å². The molecule has 0 aliphatic heterocycles. The molecule has 0 atom stereocenters. The molecule has 2 rings (SSSR count). The van der Waals surface area contributed by atoms with Crippen LogP contribution in [0.4, 0.5) is 5.69 Å². The Morgan fingerprint density at radius 3 is 2.58 bits per heavy atom. The normalized spacial score (nSPS) is 9.79. The number of hydrogen-bond donors (Lipinski definition) is 2. The average molecular weight is 342 g/mol. The number of anilines is 1. The standard InChI is InChI=1S/C17H14N2O4S/c18-9-10-24-15-4-2-1-3-14(15)19-16(21)11-23-17(22)12-5-7-13(20)8-6-12/h1-8,20H,10-11H2,(H,19,21). The zero-order chi connectivity index (χ0) is 17.4. The van der Waals surface area contributed by atoms with Crippen LogP contribution in [0.3, 0.4) is 0 Å². The Balaban J connectivity index is 1.91. The van der Waals surface area contributed by atoms with Gasteiger partial charge in [0.15, 0.2) is 6.61 Å². The number of phenols is 1. The van der Waals surface area contributed by atoms with Gasteiger partial charge in [0.1, 0.15) is 5.75 Å². The Hall–Kier alpha value is -2.98. The number of phenolic OH excluding ortho intramolecular Hbond substituents is 1. The molecular formula is C17H14N2O4S. The number of aromatic hydroxyl groups is 1. The Labute approximate surface area is 143 Å². The summed E-state index contributed by atoms with van der Waals surface area (Å²) in [5.41, 5.74) is 0.800. The molecule has 0 aromatic heterocycles. The van der Waals surface area contributed by atoms with Crippen molar-refractivity contribution in [2.45, 2.75) is 4.90 Å². The van der Waals surface area contributed by atoms with Crippen molar-refractivity contribution in [3.8, 4) is 11.8 Å². The Morgan fingerprint density at radius 1 is 1.17 bits per heavy atom. The molecule has 122 valence electrons. The quantitative estimate of drug-likeness (QED) is 0.618. The molecule has 2 N–H and O–H groups in total. The lowest BCUT2D eigenvalue weighted by Crippen LogP contribution is -2.21. The lowest BCUT2D eigenvalue weighted by molar-refractivity contribution is -0.119. The van der Waals surface area contributed by atoms with Gasteiger partial charge in [-0.15, -0.1) is 11.8 Å². The topological polar surface area (TPSA) is 99.4 Å². The zero-order valence-corrected chi connectivity index (χ0v) is 13.4. The van der Waals surface area contributed by atoms with Gasteiger partial charge in [-0.3, -0.25) is 4.79 Å². The van der Waals surface area contributed by atoms with Gasteiger partial charge in [-0.2, -0.15) is 5.26 Å². The third kappa shape index (κ3) is 5.04. The lowest BCUT2D eigenvalue weighted by Gasteiger charge is -2.10. The van der Waals surface area contributed by atoms with Crippen molar-refractivity contribution < 1.29 is 19.4 Å². The highest BCUT2D eigenvalue weighted by Crippen LogP contribution is 2.26. The Bertz CT molecular complexity index is 769. The van der Waals surface area contributed by atoms with Crippen LogP contribution in [0.2, 0.25) is 0 Å². The summed E-state index contributed by atoms with van der Waals surface area (Å²) in [5, 5.41) is 20.5.